The van der Waals surface area contributed by atoms with E-state index in [1.807, 2.05) is 0 Å². The number of benzene rings is 4. The summed E-state index contributed by atoms with van der Waals surface area (Å²) in [6.07, 6.45) is 23.2. The Morgan fingerprint density at radius 3 is 1.24 bits per heavy atom. The van der Waals surface area contributed by atoms with Crippen LogP contribution >= 0.6 is 0 Å². The van der Waals surface area contributed by atoms with Crippen LogP contribution < -0.4 is 14.6 Å². The summed E-state index contributed by atoms with van der Waals surface area (Å²) in [5.41, 5.74) is 1.58. The molecule has 0 radical (unpaired) electrons. The molecule has 0 aliphatic heterocycles. The van der Waals surface area contributed by atoms with Gasteiger partial charge in [0.1, 0.15) is 38.9 Å². The maximum absolute atomic E-state index is 11.6. The fourth-order valence-corrected chi connectivity index (χ4v) is 7.66. The number of phenols is 1. The van der Waals surface area contributed by atoms with Gasteiger partial charge >= 0.3 is 37.7 Å². The molecule has 320 valence electrons. The number of hydrogen-bond donors (Lipinski definition) is 2. The summed E-state index contributed by atoms with van der Waals surface area (Å²) in [6.45, 7) is 4.43. The van der Waals surface area contributed by atoms with Gasteiger partial charge in [-0.25, -0.2) is 8.42 Å². The van der Waals surface area contributed by atoms with Crippen molar-refractivity contribution in [3.63, 3.8) is 0 Å². The van der Waals surface area contributed by atoms with Crippen LogP contribution in [0.4, 0.5) is 0 Å². The predicted molar refractivity (Wildman–Crippen MR) is 232 cm³/mol. The molecule has 59 heavy (non-hydrogen) atoms. The minimum Gasteiger partial charge on any atom is -0.872 e. The zero-order valence-corrected chi connectivity index (χ0v) is 38.8. The second kappa shape index (κ2) is 28.6. The van der Waals surface area contributed by atoms with Crippen LogP contribution in [0.15, 0.2) is 94.7 Å². The van der Waals surface area contributed by atoms with E-state index in [4.69, 9.17) is 9.47 Å². The van der Waals surface area contributed by atoms with Gasteiger partial charge in [0.2, 0.25) is 0 Å². The van der Waals surface area contributed by atoms with Gasteiger partial charge in [-0.1, -0.05) is 129 Å². The van der Waals surface area contributed by atoms with Crippen molar-refractivity contribution in [2.45, 2.75) is 152 Å². The van der Waals surface area contributed by atoms with E-state index >= 15 is 0 Å². The fourth-order valence-electron chi connectivity index (χ4n) is 6.53. The molecule has 0 atom stereocenters. The Morgan fingerprint density at radius 1 is 0.492 bits per heavy atom. The number of ether oxygens (including phenoxy) is 2. The molecule has 0 unspecified atom stereocenters. The fraction of sp³-hybridized carbons (Fsp3) is 0.478. The first-order valence-electron chi connectivity index (χ1n) is 20.9. The van der Waals surface area contributed by atoms with Crippen LogP contribution in [0.1, 0.15) is 141 Å². The molecule has 0 aliphatic carbocycles. The molecule has 0 amide bonds. The molecule has 10 nitrogen and oxygen atoms in total. The third kappa shape index (κ3) is 22.5. The third-order valence-electron chi connectivity index (χ3n) is 9.74. The number of unbranched alkanes of at least 4 members (excludes halogenated alkanes) is 16. The second-order valence-corrected chi connectivity index (χ2v) is 17.7. The van der Waals surface area contributed by atoms with Crippen LogP contribution in [-0.2, 0) is 33.1 Å². The summed E-state index contributed by atoms with van der Waals surface area (Å²) in [5, 5.41) is 20.6. The van der Waals surface area contributed by atoms with Crippen molar-refractivity contribution in [1.29, 1.82) is 0 Å². The van der Waals surface area contributed by atoms with Gasteiger partial charge in [-0.05, 0) is 104 Å². The molecule has 4 rings (SSSR count). The smallest absolute Gasteiger partial charge is 0.872 e. The number of aromatic hydroxyl groups is 1. The number of aryl methyl sites for hydroxylation is 2. The van der Waals surface area contributed by atoms with Crippen LogP contribution in [0.25, 0.3) is 0 Å². The first-order chi connectivity index (χ1) is 27.8. The molecule has 0 aliphatic rings. The van der Waals surface area contributed by atoms with Crippen LogP contribution in [-0.4, -0.2) is 68.8 Å². The molecule has 4 aromatic rings. The quantitative estimate of drug-likeness (QED) is 0.0351. The second-order valence-electron chi connectivity index (χ2n) is 14.9. The van der Waals surface area contributed by atoms with E-state index in [-0.39, 0.29) is 64.8 Å². The molecular weight excluding hydrogens is 817 g/mol. The van der Waals surface area contributed by atoms with Gasteiger partial charge in [0.25, 0.3) is 10.1 Å². The molecule has 2 N–H and O–H groups in total. The summed E-state index contributed by atoms with van der Waals surface area (Å²) < 4.78 is 78.6. The maximum Gasteiger partial charge on any atom is 2.00 e. The Hall–Kier alpha value is -2.84. The van der Waals surface area contributed by atoms with Gasteiger partial charge in [0.05, 0.1) is 9.79 Å². The van der Waals surface area contributed by atoms with Crippen LogP contribution in [0.2, 0.25) is 0 Å². The van der Waals surface area contributed by atoms with Gasteiger partial charge in [-0.3, -0.25) is 4.55 Å². The van der Waals surface area contributed by atoms with E-state index in [0.29, 0.717) is 23.7 Å². The zero-order chi connectivity index (χ0) is 42.2. The molecule has 4 aromatic carbocycles. The molecule has 0 fully saturated rings. The van der Waals surface area contributed by atoms with Gasteiger partial charge in [-0.15, -0.1) is 5.75 Å². The minimum absolute atomic E-state index is 0. The molecule has 0 aromatic heterocycles. The normalized spacial score (nSPS) is 11.3. The summed E-state index contributed by atoms with van der Waals surface area (Å²) in [7, 11) is -8.89. The summed E-state index contributed by atoms with van der Waals surface area (Å²) in [6, 6.07) is 21.0. The molecular formula is C46H62CaO10S2. The van der Waals surface area contributed by atoms with Gasteiger partial charge in [0.15, 0.2) is 0 Å². The van der Waals surface area contributed by atoms with Crippen molar-refractivity contribution in [1.82, 2.24) is 0 Å². The molecule has 0 bridgehead atoms. The maximum atomic E-state index is 11.6. The van der Waals surface area contributed by atoms with Crippen molar-refractivity contribution in [2.75, 3.05) is 0 Å². The third-order valence-corrected chi connectivity index (χ3v) is 11.4. The largest absolute Gasteiger partial charge is 2.00 e. The van der Waals surface area contributed by atoms with Crippen molar-refractivity contribution in [3.8, 4) is 34.5 Å². The molecule has 0 spiro atoms. The van der Waals surface area contributed by atoms with E-state index in [1.165, 1.54) is 144 Å². The Morgan fingerprint density at radius 2 is 0.847 bits per heavy atom. The number of hydrogen-bond acceptors (Lipinski definition) is 9. The molecule has 0 heterocycles. The van der Waals surface area contributed by atoms with Gasteiger partial charge in [-0.2, -0.15) is 8.42 Å². The minimum atomic E-state index is -4.58. The van der Waals surface area contributed by atoms with E-state index in [1.54, 1.807) is 24.3 Å². The monoisotopic (exact) mass is 878 g/mol. The Bertz CT molecular complexity index is 1840. The topological polar surface area (TPSA) is 173 Å². The van der Waals surface area contributed by atoms with E-state index in [0.717, 1.165) is 49.7 Å². The van der Waals surface area contributed by atoms with Crippen molar-refractivity contribution in [2.24, 2.45) is 0 Å². The van der Waals surface area contributed by atoms with Crippen LogP contribution in [0.5, 0.6) is 34.5 Å². The standard InChI is InChI=1S/2C23H32O5S.Ca/c2*1-2-3-4-5-6-7-8-9-10-11-19-16-22(18-23(17-19)29(25,26)27)28-21-14-12-20(24)13-15-21;/h2*12-18,24H,2-11H2,1H3,(H,25,26,27);/q;;+2/p-2. The Labute approximate surface area is 383 Å². The molecule has 13 heteroatoms. The first kappa shape index (κ1) is 52.3. The van der Waals surface area contributed by atoms with Crippen molar-refractivity contribution in [3.05, 3.63) is 96.1 Å². The van der Waals surface area contributed by atoms with Crippen molar-refractivity contribution >= 4 is 58.0 Å². The first-order valence-corrected chi connectivity index (χ1v) is 23.7. The number of phenolic OH excluding ortho intramolecular Hbond substituents is 1. The van der Waals surface area contributed by atoms with Gasteiger partial charge in [0, 0.05) is 6.07 Å². The molecule has 0 saturated heterocycles. The predicted octanol–water partition coefficient (Wildman–Crippen LogP) is 11.7. The van der Waals surface area contributed by atoms with Gasteiger partial charge < -0.3 is 24.2 Å². The average Bonchev–Trinajstić information content (AvgIpc) is 3.18. The van der Waals surface area contributed by atoms with Crippen molar-refractivity contribution < 1.29 is 45.6 Å². The average molecular weight is 879 g/mol. The summed E-state index contributed by atoms with van der Waals surface area (Å²) in [5.74, 6) is 1.50. The zero-order valence-electron chi connectivity index (χ0n) is 34.9. The van der Waals surface area contributed by atoms with E-state index in [2.05, 4.69) is 13.8 Å². The Balaban J connectivity index is 0.000000400. The SMILES string of the molecule is CCCCCCCCCCCc1cc(Oc2ccc(O)cc2)cc(S(=O)(=O)O)c1.CCCCCCCCCCCc1cc(Oc2ccc([O-])cc2)cc(S(=O)(=O)[O-])c1.[Ca+2]. The van der Waals surface area contributed by atoms with Crippen LogP contribution in [0, 0.1) is 0 Å². The van der Waals surface area contributed by atoms with E-state index in [9.17, 15) is 36.2 Å². The number of rotatable bonds is 26. The Kier molecular flexibility index (Phi) is 25.4. The van der Waals surface area contributed by atoms with E-state index < -0.39 is 20.2 Å². The van der Waals surface area contributed by atoms with Crippen LogP contribution in [0.3, 0.4) is 0 Å². The summed E-state index contributed by atoms with van der Waals surface area (Å²) >= 11 is 0. The molecule has 0 saturated carbocycles. The summed E-state index contributed by atoms with van der Waals surface area (Å²) in [4.78, 5) is -0.457.